The number of rotatable bonds is 6. The summed E-state index contributed by atoms with van der Waals surface area (Å²) < 4.78 is 50.5. The number of likely N-dealkylation sites (tertiary alicyclic amines) is 1. The van der Waals surface area contributed by atoms with Gasteiger partial charge in [-0.2, -0.15) is 0 Å². The highest BCUT2D eigenvalue weighted by Gasteiger charge is 2.33. The van der Waals surface area contributed by atoms with Crippen LogP contribution in [0.3, 0.4) is 0 Å². The fraction of sp³-hybridized carbons (Fsp3) is 0.467. The number of ether oxygens (including phenoxy) is 1. The number of nitrogens with zero attached hydrogens (tertiary/aromatic N) is 4. The molecule has 3 aliphatic rings. The predicted molar refractivity (Wildman–Crippen MR) is 141 cm³/mol. The van der Waals surface area contributed by atoms with Crippen LogP contribution in [0.25, 0.3) is 11.3 Å². The summed E-state index contributed by atoms with van der Waals surface area (Å²) in [6, 6.07) is 9.19. The molecular weight excluding hydrogens is 489 g/mol. The molecule has 2 aliphatic heterocycles. The lowest BCUT2D eigenvalue weighted by Crippen LogP contribution is -2.38. The largest absolute Gasteiger partial charge is 0.486 e. The number of halogens is 3. The van der Waals surface area contributed by atoms with Crippen LogP contribution in [0.4, 0.5) is 18.9 Å². The average molecular weight is 523 g/mol. The second kappa shape index (κ2) is 10.2. The molecule has 8 heteroatoms. The lowest BCUT2D eigenvalue weighted by atomic mass is 9.88. The van der Waals surface area contributed by atoms with Crippen LogP contribution in [0.2, 0.25) is 0 Å². The van der Waals surface area contributed by atoms with Crippen LogP contribution < -0.4 is 9.64 Å². The van der Waals surface area contributed by atoms with Gasteiger partial charge in [0.05, 0.1) is 18.4 Å². The summed E-state index contributed by atoms with van der Waals surface area (Å²) in [4.78, 5) is 13.1. The molecule has 3 aromatic rings. The summed E-state index contributed by atoms with van der Waals surface area (Å²) in [6.45, 7) is 7.12. The highest BCUT2D eigenvalue weighted by molar-refractivity contribution is 5.72. The Labute approximate surface area is 221 Å². The third-order valence-corrected chi connectivity index (χ3v) is 8.06. The van der Waals surface area contributed by atoms with E-state index in [9.17, 15) is 8.78 Å². The van der Waals surface area contributed by atoms with E-state index in [-0.39, 0.29) is 35.6 Å². The SMILES string of the molecule is CC(C)N1CCOc2c(F)cc(-c3nc(Cc4ccc(C5CCN(C6CC6)CC5)c(F)c4)ncc3F)cc21. The van der Waals surface area contributed by atoms with Crippen molar-refractivity contribution >= 4 is 5.69 Å². The number of aromatic nitrogens is 2. The number of hydrogen-bond donors (Lipinski definition) is 0. The van der Waals surface area contributed by atoms with Crippen LogP contribution in [0.5, 0.6) is 5.75 Å². The highest BCUT2D eigenvalue weighted by Crippen LogP contribution is 2.39. The number of hydrogen-bond acceptors (Lipinski definition) is 5. The minimum Gasteiger partial charge on any atom is -0.486 e. The zero-order valence-electron chi connectivity index (χ0n) is 21.9. The maximum Gasteiger partial charge on any atom is 0.178 e. The van der Waals surface area contributed by atoms with E-state index in [0.717, 1.165) is 49.3 Å². The van der Waals surface area contributed by atoms with Crippen LogP contribution in [0.15, 0.2) is 36.5 Å². The molecule has 200 valence electrons. The Bertz CT molecular complexity index is 1340. The normalized spacial score (nSPS) is 18.5. The Balaban J connectivity index is 1.22. The first-order valence-corrected chi connectivity index (χ1v) is 13.6. The summed E-state index contributed by atoms with van der Waals surface area (Å²) in [6.07, 6.45) is 5.91. The van der Waals surface area contributed by atoms with Gasteiger partial charge in [0.2, 0.25) is 0 Å². The van der Waals surface area contributed by atoms with Crippen molar-refractivity contribution in [2.45, 2.75) is 64.0 Å². The van der Waals surface area contributed by atoms with E-state index in [1.807, 2.05) is 30.9 Å². The summed E-state index contributed by atoms with van der Waals surface area (Å²) in [7, 11) is 0. The van der Waals surface area contributed by atoms with Crippen molar-refractivity contribution in [1.82, 2.24) is 14.9 Å². The maximum atomic E-state index is 15.1. The lowest BCUT2D eigenvalue weighted by molar-refractivity contribution is 0.202. The van der Waals surface area contributed by atoms with E-state index >= 15 is 4.39 Å². The van der Waals surface area contributed by atoms with Gasteiger partial charge in [-0.05, 0) is 87.9 Å². The average Bonchev–Trinajstić information content (AvgIpc) is 3.75. The van der Waals surface area contributed by atoms with Crippen LogP contribution >= 0.6 is 0 Å². The zero-order valence-corrected chi connectivity index (χ0v) is 21.9. The molecule has 0 unspecified atom stereocenters. The topological polar surface area (TPSA) is 41.5 Å². The molecule has 1 aliphatic carbocycles. The van der Waals surface area contributed by atoms with E-state index in [4.69, 9.17) is 4.74 Å². The molecule has 1 aromatic heterocycles. The summed E-state index contributed by atoms with van der Waals surface area (Å²) in [5, 5.41) is 0. The molecule has 5 nitrogen and oxygen atoms in total. The van der Waals surface area contributed by atoms with Gasteiger partial charge in [-0.3, -0.25) is 0 Å². The van der Waals surface area contributed by atoms with Gasteiger partial charge in [-0.25, -0.2) is 23.1 Å². The van der Waals surface area contributed by atoms with E-state index in [0.29, 0.717) is 30.2 Å². The fourth-order valence-corrected chi connectivity index (χ4v) is 5.88. The molecule has 38 heavy (non-hydrogen) atoms. The molecule has 0 radical (unpaired) electrons. The second-order valence-corrected chi connectivity index (χ2v) is 11.0. The second-order valence-electron chi connectivity index (χ2n) is 11.0. The van der Waals surface area contributed by atoms with Crippen LogP contribution in [0, 0.1) is 17.5 Å². The minimum atomic E-state index is -0.639. The molecule has 2 fully saturated rings. The van der Waals surface area contributed by atoms with Crippen LogP contribution in [0.1, 0.15) is 62.4 Å². The Morgan fingerprint density at radius 1 is 0.947 bits per heavy atom. The van der Waals surface area contributed by atoms with E-state index in [2.05, 4.69) is 14.9 Å². The number of anilines is 1. The molecule has 0 bridgehead atoms. The quantitative estimate of drug-likeness (QED) is 0.391. The summed E-state index contributed by atoms with van der Waals surface area (Å²) in [5.74, 6) is -0.636. The van der Waals surface area contributed by atoms with Gasteiger partial charge in [0.1, 0.15) is 23.9 Å². The van der Waals surface area contributed by atoms with Gasteiger partial charge in [0.25, 0.3) is 0 Å². The first-order chi connectivity index (χ1) is 18.4. The van der Waals surface area contributed by atoms with E-state index < -0.39 is 11.6 Å². The van der Waals surface area contributed by atoms with E-state index in [1.165, 1.54) is 18.9 Å². The molecule has 0 spiro atoms. The van der Waals surface area contributed by atoms with Gasteiger partial charge in [0.15, 0.2) is 17.4 Å². The zero-order chi connectivity index (χ0) is 26.4. The molecule has 0 N–H and O–H groups in total. The summed E-state index contributed by atoms with van der Waals surface area (Å²) >= 11 is 0. The molecule has 0 amide bonds. The van der Waals surface area contributed by atoms with Crippen LogP contribution in [-0.4, -0.2) is 53.2 Å². The standard InChI is InChI=1S/C30H33F3N4O/c1-18(2)37-11-12-38-30-25(32)15-21(16-27(30)37)29-26(33)17-34-28(35-29)14-19-3-6-23(24(31)13-19)20-7-9-36(10-8-20)22-4-5-22/h3,6,13,15-18,20,22H,4-5,7-12,14H2,1-2H3. The third-order valence-electron chi connectivity index (χ3n) is 8.06. The van der Waals surface area contributed by atoms with Crippen molar-refractivity contribution in [2.24, 2.45) is 0 Å². The van der Waals surface area contributed by atoms with E-state index in [1.54, 1.807) is 12.1 Å². The lowest BCUT2D eigenvalue weighted by Gasteiger charge is -2.34. The van der Waals surface area contributed by atoms with Gasteiger partial charge >= 0.3 is 0 Å². The molecular formula is C30H33F3N4O. The van der Waals surface area contributed by atoms with Crippen molar-refractivity contribution in [1.29, 1.82) is 0 Å². The Morgan fingerprint density at radius 3 is 2.45 bits per heavy atom. The number of fused-ring (bicyclic) bond motifs is 1. The van der Waals surface area contributed by atoms with Crippen molar-refractivity contribution in [3.8, 4) is 17.0 Å². The van der Waals surface area contributed by atoms with Crippen molar-refractivity contribution in [2.75, 3.05) is 31.1 Å². The van der Waals surface area contributed by atoms with Gasteiger partial charge in [-0.15, -0.1) is 0 Å². The number of benzene rings is 2. The summed E-state index contributed by atoms with van der Waals surface area (Å²) in [5.41, 5.74) is 2.41. The van der Waals surface area contributed by atoms with Gasteiger partial charge < -0.3 is 14.5 Å². The molecule has 6 rings (SSSR count). The first kappa shape index (κ1) is 25.2. The molecule has 3 heterocycles. The predicted octanol–water partition coefficient (Wildman–Crippen LogP) is 6.10. The Kier molecular flexibility index (Phi) is 6.76. The van der Waals surface area contributed by atoms with Crippen molar-refractivity contribution in [3.05, 3.63) is 70.9 Å². The Hall–Kier alpha value is -3.13. The number of piperidine rings is 1. The van der Waals surface area contributed by atoms with Gasteiger partial charge in [-0.1, -0.05) is 12.1 Å². The Morgan fingerprint density at radius 2 is 1.74 bits per heavy atom. The first-order valence-electron chi connectivity index (χ1n) is 13.6. The molecule has 1 saturated carbocycles. The van der Waals surface area contributed by atoms with Crippen LogP contribution in [-0.2, 0) is 6.42 Å². The molecule has 0 atom stereocenters. The molecule has 1 saturated heterocycles. The smallest absolute Gasteiger partial charge is 0.178 e. The minimum absolute atomic E-state index is 0.0190. The monoisotopic (exact) mass is 522 g/mol. The third kappa shape index (κ3) is 4.98. The van der Waals surface area contributed by atoms with Crippen molar-refractivity contribution in [3.63, 3.8) is 0 Å². The fourth-order valence-electron chi connectivity index (χ4n) is 5.88. The van der Waals surface area contributed by atoms with Crippen molar-refractivity contribution < 1.29 is 17.9 Å². The molecule has 2 aromatic carbocycles. The van der Waals surface area contributed by atoms with Gasteiger partial charge in [0, 0.05) is 24.1 Å². The maximum absolute atomic E-state index is 15.1. The highest BCUT2D eigenvalue weighted by atomic mass is 19.1.